The second kappa shape index (κ2) is 5.07. The summed E-state index contributed by atoms with van der Waals surface area (Å²) in [6, 6.07) is 12.7. The van der Waals surface area contributed by atoms with Gasteiger partial charge in [0.05, 0.1) is 11.0 Å². The summed E-state index contributed by atoms with van der Waals surface area (Å²) >= 11 is 0. The van der Waals surface area contributed by atoms with Crippen molar-refractivity contribution in [3.05, 3.63) is 54.4 Å². The Morgan fingerprint density at radius 3 is 2.82 bits per heavy atom. The molecule has 22 heavy (non-hydrogen) atoms. The lowest BCUT2D eigenvalue weighted by Crippen LogP contribution is -2.22. The van der Waals surface area contributed by atoms with Crippen molar-refractivity contribution in [2.75, 3.05) is 18.6 Å². The summed E-state index contributed by atoms with van der Waals surface area (Å²) in [7, 11) is 0. The molecule has 0 unspecified atom stereocenters. The molecule has 2 heterocycles. The number of para-hydroxylation sites is 2. The standard InChI is InChI=1S/C16H13N3O3/c20-16(11-5-6-14-15(9-11)22-8-7-21-14)18-19-10-17-12-3-1-2-4-13(12)19/h1-6,9-10H,7-8H2,(H,18,20). The Hall–Kier alpha value is -3.02. The van der Waals surface area contributed by atoms with Crippen molar-refractivity contribution in [3.63, 3.8) is 0 Å². The van der Waals surface area contributed by atoms with E-state index in [-0.39, 0.29) is 5.91 Å². The SMILES string of the molecule is O=C(Nn1cnc2ccccc21)c1ccc2c(c1)OCCO2. The Kier molecular flexibility index (Phi) is 2.93. The molecule has 1 aliphatic rings. The third-order valence-electron chi connectivity index (χ3n) is 3.48. The topological polar surface area (TPSA) is 65.4 Å². The van der Waals surface area contributed by atoms with Gasteiger partial charge < -0.3 is 9.47 Å². The van der Waals surface area contributed by atoms with E-state index in [9.17, 15) is 4.79 Å². The number of benzene rings is 2. The van der Waals surface area contributed by atoms with Crippen LogP contribution < -0.4 is 14.9 Å². The lowest BCUT2D eigenvalue weighted by atomic mass is 10.2. The highest BCUT2D eigenvalue weighted by Gasteiger charge is 2.15. The van der Waals surface area contributed by atoms with Crippen LogP contribution >= 0.6 is 0 Å². The van der Waals surface area contributed by atoms with Crippen LogP contribution in [0.4, 0.5) is 0 Å². The van der Waals surface area contributed by atoms with Crippen molar-refractivity contribution in [3.8, 4) is 11.5 Å². The first-order valence-electron chi connectivity index (χ1n) is 6.94. The van der Waals surface area contributed by atoms with Crippen LogP contribution in [0.1, 0.15) is 10.4 Å². The van der Waals surface area contributed by atoms with E-state index in [4.69, 9.17) is 9.47 Å². The number of imidazole rings is 1. The first kappa shape index (κ1) is 12.7. The fraction of sp³-hybridized carbons (Fsp3) is 0.125. The van der Waals surface area contributed by atoms with Gasteiger partial charge in [-0.25, -0.2) is 9.66 Å². The van der Waals surface area contributed by atoms with E-state index in [1.165, 1.54) is 0 Å². The summed E-state index contributed by atoms with van der Waals surface area (Å²) in [6.07, 6.45) is 1.58. The molecule has 2 aromatic carbocycles. The van der Waals surface area contributed by atoms with E-state index in [0.29, 0.717) is 30.3 Å². The van der Waals surface area contributed by atoms with Gasteiger partial charge in [-0.1, -0.05) is 12.1 Å². The van der Waals surface area contributed by atoms with Crippen LogP contribution in [-0.4, -0.2) is 28.8 Å². The predicted octanol–water partition coefficient (Wildman–Crippen LogP) is 2.19. The Labute approximate surface area is 126 Å². The number of fused-ring (bicyclic) bond motifs is 2. The third-order valence-corrected chi connectivity index (χ3v) is 3.48. The van der Waals surface area contributed by atoms with Crippen LogP contribution in [0.15, 0.2) is 48.8 Å². The van der Waals surface area contributed by atoms with E-state index in [2.05, 4.69) is 10.4 Å². The van der Waals surface area contributed by atoms with E-state index in [1.807, 2.05) is 24.3 Å². The maximum Gasteiger partial charge on any atom is 0.270 e. The van der Waals surface area contributed by atoms with E-state index >= 15 is 0 Å². The molecule has 110 valence electrons. The zero-order chi connectivity index (χ0) is 14.9. The van der Waals surface area contributed by atoms with Crippen molar-refractivity contribution in [2.24, 2.45) is 0 Å². The zero-order valence-corrected chi connectivity index (χ0v) is 11.7. The van der Waals surface area contributed by atoms with Gasteiger partial charge in [0.2, 0.25) is 0 Å². The van der Waals surface area contributed by atoms with Gasteiger partial charge in [-0.05, 0) is 30.3 Å². The van der Waals surface area contributed by atoms with Crippen molar-refractivity contribution < 1.29 is 14.3 Å². The molecule has 0 radical (unpaired) electrons. The fourth-order valence-electron chi connectivity index (χ4n) is 2.41. The summed E-state index contributed by atoms with van der Waals surface area (Å²) in [5.41, 5.74) is 4.97. The molecule has 0 atom stereocenters. The average Bonchev–Trinajstić information content (AvgIpc) is 2.97. The number of carbonyl (C=O) groups is 1. The summed E-state index contributed by atoms with van der Waals surface area (Å²) in [6.45, 7) is 1.02. The molecule has 6 nitrogen and oxygen atoms in total. The first-order valence-corrected chi connectivity index (χ1v) is 6.94. The number of nitrogens with zero attached hydrogens (tertiary/aromatic N) is 2. The van der Waals surface area contributed by atoms with Crippen LogP contribution in [0.5, 0.6) is 11.5 Å². The highest BCUT2D eigenvalue weighted by atomic mass is 16.6. The Morgan fingerprint density at radius 2 is 1.91 bits per heavy atom. The molecule has 4 rings (SSSR count). The highest BCUT2D eigenvalue weighted by molar-refractivity contribution is 6.01. The maximum atomic E-state index is 12.4. The molecule has 1 N–H and O–H groups in total. The van der Waals surface area contributed by atoms with Gasteiger partial charge in [-0.15, -0.1) is 0 Å². The number of amides is 1. The monoisotopic (exact) mass is 295 g/mol. The van der Waals surface area contributed by atoms with Crippen molar-refractivity contribution in [2.45, 2.75) is 0 Å². The molecular formula is C16H13N3O3. The van der Waals surface area contributed by atoms with Gasteiger partial charge in [0.1, 0.15) is 19.5 Å². The number of carbonyl (C=O) groups excluding carboxylic acids is 1. The summed E-state index contributed by atoms with van der Waals surface area (Å²) in [5, 5.41) is 0. The van der Waals surface area contributed by atoms with Crippen LogP contribution in [0.2, 0.25) is 0 Å². The number of aromatic nitrogens is 2. The molecule has 1 aromatic heterocycles. The van der Waals surface area contributed by atoms with Gasteiger partial charge in [0, 0.05) is 5.56 Å². The fourth-order valence-corrected chi connectivity index (χ4v) is 2.41. The normalized spacial score (nSPS) is 13.1. The second-order valence-corrected chi connectivity index (χ2v) is 4.90. The van der Waals surface area contributed by atoms with E-state index < -0.39 is 0 Å². The molecule has 1 aliphatic heterocycles. The van der Waals surface area contributed by atoms with Crippen molar-refractivity contribution in [1.29, 1.82) is 0 Å². The Morgan fingerprint density at radius 1 is 1.09 bits per heavy atom. The first-order chi connectivity index (χ1) is 10.8. The lowest BCUT2D eigenvalue weighted by Gasteiger charge is -2.18. The van der Waals surface area contributed by atoms with Crippen LogP contribution in [0.3, 0.4) is 0 Å². The molecule has 1 amide bonds. The van der Waals surface area contributed by atoms with Gasteiger partial charge >= 0.3 is 0 Å². The van der Waals surface area contributed by atoms with E-state index in [0.717, 1.165) is 11.0 Å². The molecule has 0 saturated carbocycles. The largest absolute Gasteiger partial charge is 0.486 e. The molecule has 3 aromatic rings. The number of hydrogen-bond acceptors (Lipinski definition) is 4. The molecule has 0 fully saturated rings. The van der Waals surface area contributed by atoms with Crippen LogP contribution in [-0.2, 0) is 0 Å². The maximum absolute atomic E-state index is 12.4. The minimum Gasteiger partial charge on any atom is -0.486 e. The molecule has 0 saturated heterocycles. The molecule has 0 aliphatic carbocycles. The average molecular weight is 295 g/mol. The van der Waals surface area contributed by atoms with Crippen molar-refractivity contribution >= 4 is 16.9 Å². The number of rotatable bonds is 2. The molecule has 0 bridgehead atoms. The third kappa shape index (κ3) is 2.14. The number of ether oxygens (including phenoxy) is 2. The van der Waals surface area contributed by atoms with Gasteiger partial charge in [-0.2, -0.15) is 0 Å². The number of hydrogen-bond donors (Lipinski definition) is 1. The Balaban J connectivity index is 1.62. The zero-order valence-electron chi connectivity index (χ0n) is 11.7. The number of nitrogens with one attached hydrogen (secondary N) is 1. The molecular weight excluding hydrogens is 282 g/mol. The lowest BCUT2D eigenvalue weighted by molar-refractivity contribution is 0.101. The second-order valence-electron chi connectivity index (χ2n) is 4.90. The predicted molar refractivity (Wildman–Crippen MR) is 80.9 cm³/mol. The molecule has 0 spiro atoms. The van der Waals surface area contributed by atoms with Crippen LogP contribution in [0, 0.1) is 0 Å². The van der Waals surface area contributed by atoms with Gasteiger partial charge in [0.25, 0.3) is 5.91 Å². The summed E-state index contributed by atoms with van der Waals surface area (Å²) in [5.74, 6) is 1.02. The minimum atomic E-state index is -0.236. The summed E-state index contributed by atoms with van der Waals surface area (Å²) in [4.78, 5) is 16.6. The van der Waals surface area contributed by atoms with E-state index in [1.54, 1.807) is 29.2 Å². The Bertz CT molecular complexity index is 857. The summed E-state index contributed by atoms with van der Waals surface area (Å²) < 4.78 is 12.6. The molecule has 6 heteroatoms. The smallest absolute Gasteiger partial charge is 0.270 e. The van der Waals surface area contributed by atoms with Gasteiger partial charge in [-0.3, -0.25) is 10.2 Å². The minimum absolute atomic E-state index is 0.236. The van der Waals surface area contributed by atoms with Crippen LogP contribution in [0.25, 0.3) is 11.0 Å². The van der Waals surface area contributed by atoms with Gasteiger partial charge in [0.15, 0.2) is 11.5 Å². The quantitative estimate of drug-likeness (QED) is 0.787. The van der Waals surface area contributed by atoms with Crippen molar-refractivity contribution in [1.82, 2.24) is 9.66 Å². The highest BCUT2D eigenvalue weighted by Crippen LogP contribution is 2.30.